The van der Waals surface area contributed by atoms with E-state index in [2.05, 4.69) is 15.5 Å². The van der Waals surface area contributed by atoms with Gasteiger partial charge >= 0.3 is 0 Å². The fourth-order valence-electron chi connectivity index (χ4n) is 2.42. The molecule has 1 N–H and O–H groups in total. The van der Waals surface area contributed by atoms with Crippen LogP contribution in [0.5, 0.6) is 11.6 Å². The summed E-state index contributed by atoms with van der Waals surface area (Å²) in [6.07, 6.45) is 1.89. The zero-order valence-electron chi connectivity index (χ0n) is 15.1. The van der Waals surface area contributed by atoms with Crippen LogP contribution in [0.1, 0.15) is 12.5 Å². The zero-order chi connectivity index (χ0) is 18.9. The molecule has 0 radical (unpaired) electrons. The third kappa shape index (κ3) is 5.57. The van der Waals surface area contributed by atoms with E-state index in [-0.39, 0.29) is 5.91 Å². The summed E-state index contributed by atoms with van der Waals surface area (Å²) in [6.45, 7) is 3.25. The number of furan rings is 1. The van der Waals surface area contributed by atoms with E-state index in [1.165, 1.54) is 0 Å². The van der Waals surface area contributed by atoms with Crippen LogP contribution in [0.15, 0.2) is 59.2 Å². The zero-order valence-corrected chi connectivity index (χ0v) is 15.1. The van der Waals surface area contributed by atoms with Crippen LogP contribution in [0.25, 0.3) is 11.5 Å². The van der Waals surface area contributed by atoms with Gasteiger partial charge in [0.15, 0.2) is 5.76 Å². The molecular weight excluding hydrogens is 346 g/mol. The van der Waals surface area contributed by atoms with Crippen LogP contribution >= 0.6 is 0 Å². The Hall–Kier alpha value is -3.35. The lowest BCUT2D eigenvalue weighted by atomic mass is 10.1. The second-order valence-electron chi connectivity index (χ2n) is 5.69. The monoisotopic (exact) mass is 367 g/mol. The van der Waals surface area contributed by atoms with Gasteiger partial charge in [-0.2, -0.15) is 0 Å². The largest absolute Gasteiger partial charge is 0.494 e. The summed E-state index contributed by atoms with van der Waals surface area (Å²) in [4.78, 5) is 12.0. The highest BCUT2D eigenvalue weighted by atomic mass is 16.5. The molecule has 0 saturated heterocycles. The summed E-state index contributed by atoms with van der Waals surface area (Å²) < 4.78 is 16.1. The summed E-state index contributed by atoms with van der Waals surface area (Å²) in [6, 6.07) is 14.6. The minimum atomic E-state index is -0.0676. The Morgan fingerprint density at radius 1 is 1.07 bits per heavy atom. The Labute approximate surface area is 157 Å². The molecule has 0 saturated carbocycles. The van der Waals surface area contributed by atoms with Gasteiger partial charge in [0.2, 0.25) is 11.8 Å². The van der Waals surface area contributed by atoms with Crippen molar-refractivity contribution < 1.29 is 18.7 Å². The van der Waals surface area contributed by atoms with Gasteiger partial charge in [0.05, 0.1) is 25.8 Å². The molecule has 0 aliphatic rings. The number of carbonyl (C=O) groups excluding carboxylic acids is 1. The van der Waals surface area contributed by atoms with Crippen LogP contribution in [0.2, 0.25) is 0 Å². The van der Waals surface area contributed by atoms with E-state index in [9.17, 15) is 4.79 Å². The van der Waals surface area contributed by atoms with Crippen LogP contribution in [-0.4, -0.2) is 35.9 Å². The first-order valence-corrected chi connectivity index (χ1v) is 8.73. The highest BCUT2D eigenvalue weighted by molar-refractivity contribution is 5.78. The van der Waals surface area contributed by atoms with Gasteiger partial charge in [0, 0.05) is 6.07 Å². The number of nitrogens with one attached hydrogen (secondary N) is 1. The average molecular weight is 367 g/mol. The fourth-order valence-corrected chi connectivity index (χ4v) is 2.42. The summed E-state index contributed by atoms with van der Waals surface area (Å²) in [5.41, 5.74) is 1.56. The van der Waals surface area contributed by atoms with Gasteiger partial charge < -0.3 is 19.2 Å². The molecule has 7 heteroatoms. The number of hydrogen-bond donors (Lipinski definition) is 1. The molecular formula is C20H21N3O4. The molecule has 0 fully saturated rings. The molecule has 0 aliphatic heterocycles. The van der Waals surface area contributed by atoms with Crippen LogP contribution in [0.4, 0.5) is 0 Å². The smallest absolute Gasteiger partial charge is 0.233 e. The SMILES string of the molecule is CCOc1ccc(CC(=O)NCCOc2ccc(-c3ccco3)nn2)cc1. The number of amides is 1. The van der Waals surface area contributed by atoms with Crippen molar-refractivity contribution in [1.82, 2.24) is 15.5 Å². The Balaban J connectivity index is 1.37. The minimum Gasteiger partial charge on any atom is -0.494 e. The molecule has 2 aromatic heterocycles. The second-order valence-corrected chi connectivity index (χ2v) is 5.69. The van der Waals surface area contributed by atoms with Crippen LogP contribution < -0.4 is 14.8 Å². The number of hydrogen-bond acceptors (Lipinski definition) is 6. The number of benzene rings is 1. The highest BCUT2D eigenvalue weighted by Gasteiger charge is 2.06. The predicted molar refractivity (Wildman–Crippen MR) is 99.6 cm³/mol. The summed E-state index contributed by atoms with van der Waals surface area (Å²) >= 11 is 0. The van der Waals surface area contributed by atoms with Gasteiger partial charge in [0.25, 0.3) is 0 Å². The van der Waals surface area contributed by atoms with Gasteiger partial charge in [-0.05, 0) is 42.8 Å². The molecule has 27 heavy (non-hydrogen) atoms. The van der Waals surface area contributed by atoms with Crippen molar-refractivity contribution in [2.45, 2.75) is 13.3 Å². The Morgan fingerprint density at radius 3 is 2.59 bits per heavy atom. The lowest BCUT2D eigenvalue weighted by molar-refractivity contribution is -0.120. The average Bonchev–Trinajstić information content (AvgIpc) is 3.22. The maximum absolute atomic E-state index is 12.0. The van der Waals surface area contributed by atoms with Gasteiger partial charge in [-0.25, -0.2) is 0 Å². The third-order valence-corrected chi connectivity index (χ3v) is 3.69. The van der Waals surface area contributed by atoms with E-state index in [0.717, 1.165) is 11.3 Å². The van der Waals surface area contributed by atoms with Gasteiger partial charge in [0.1, 0.15) is 18.1 Å². The standard InChI is InChI=1S/C20H21N3O4/c1-2-25-16-7-5-15(6-8-16)14-19(24)21-11-13-27-20-10-9-17(22-23-20)18-4-3-12-26-18/h3-10,12H,2,11,13-14H2,1H3,(H,21,24). The summed E-state index contributed by atoms with van der Waals surface area (Å²) in [7, 11) is 0. The maximum Gasteiger partial charge on any atom is 0.233 e. The predicted octanol–water partition coefficient (Wildman–Crippen LogP) is 2.87. The fraction of sp³-hybridized carbons (Fsp3) is 0.250. The van der Waals surface area contributed by atoms with Crippen molar-refractivity contribution in [2.75, 3.05) is 19.8 Å². The third-order valence-electron chi connectivity index (χ3n) is 3.69. The van der Waals surface area contributed by atoms with Gasteiger partial charge in [-0.15, -0.1) is 10.2 Å². The molecule has 0 bridgehead atoms. The Morgan fingerprint density at radius 2 is 1.93 bits per heavy atom. The van der Waals surface area contributed by atoms with Crippen LogP contribution in [0.3, 0.4) is 0 Å². The molecule has 2 heterocycles. The van der Waals surface area contributed by atoms with E-state index in [4.69, 9.17) is 13.9 Å². The number of nitrogens with zero attached hydrogens (tertiary/aromatic N) is 2. The number of aromatic nitrogens is 2. The van der Waals surface area contributed by atoms with Crippen molar-refractivity contribution >= 4 is 5.91 Å². The molecule has 0 spiro atoms. The highest BCUT2D eigenvalue weighted by Crippen LogP contribution is 2.17. The summed E-state index contributed by atoms with van der Waals surface area (Å²) in [5.74, 6) is 1.78. The van der Waals surface area contributed by atoms with Crippen LogP contribution in [0, 0.1) is 0 Å². The number of ether oxygens (including phenoxy) is 2. The number of carbonyl (C=O) groups is 1. The minimum absolute atomic E-state index is 0.0676. The topological polar surface area (TPSA) is 86.5 Å². The van der Waals surface area contributed by atoms with Crippen molar-refractivity contribution in [1.29, 1.82) is 0 Å². The van der Waals surface area contributed by atoms with Crippen LogP contribution in [-0.2, 0) is 11.2 Å². The Bertz CT molecular complexity index is 831. The molecule has 3 aromatic rings. The lowest BCUT2D eigenvalue weighted by Gasteiger charge is -2.08. The normalized spacial score (nSPS) is 10.4. The Kier molecular flexibility index (Phi) is 6.40. The molecule has 0 atom stereocenters. The van der Waals surface area contributed by atoms with Gasteiger partial charge in [-0.3, -0.25) is 4.79 Å². The molecule has 1 amide bonds. The maximum atomic E-state index is 12.0. The number of rotatable bonds is 9. The molecule has 3 rings (SSSR count). The molecule has 0 unspecified atom stereocenters. The quantitative estimate of drug-likeness (QED) is 0.585. The molecule has 7 nitrogen and oxygen atoms in total. The lowest BCUT2D eigenvalue weighted by Crippen LogP contribution is -2.29. The first-order valence-electron chi connectivity index (χ1n) is 8.73. The van der Waals surface area contributed by atoms with E-state index in [1.807, 2.05) is 37.3 Å². The van der Waals surface area contributed by atoms with Crippen molar-refractivity contribution in [3.63, 3.8) is 0 Å². The van der Waals surface area contributed by atoms with Crippen molar-refractivity contribution in [3.8, 4) is 23.1 Å². The van der Waals surface area contributed by atoms with E-state index < -0.39 is 0 Å². The molecule has 140 valence electrons. The van der Waals surface area contributed by atoms with Crippen molar-refractivity contribution in [2.24, 2.45) is 0 Å². The molecule has 1 aromatic carbocycles. The first kappa shape index (κ1) is 18.4. The van der Waals surface area contributed by atoms with Crippen molar-refractivity contribution in [3.05, 3.63) is 60.4 Å². The van der Waals surface area contributed by atoms with E-state index in [1.54, 1.807) is 24.5 Å². The van der Waals surface area contributed by atoms with Gasteiger partial charge in [-0.1, -0.05) is 12.1 Å². The van der Waals surface area contributed by atoms with E-state index in [0.29, 0.717) is 43.5 Å². The first-order chi connectivity index (χ1) is 13.2. The molecule has 0 aliphatic carbocycles. The summed E-state index contributed by atoms with van der Waals surface area (Å²) in [5, 5.41) is 10.8. The van der Waals surface area contributed by atoms with E-state index >= 15 is 0 Å². The second kappa shape index (κ2) is 9.38.